The number of Topliss-reactive ketones (excluding diaryl/α,β-unsaturated/α-hetero) is 1. The zero-order chi connectivity index (χ0) is 15.9. The molecule has 0 unspecified atom stereocenters. The first kappa shape index (κ1) is 14.0. The smallest absolute Gasteiger partial charge is 0.337 e. The maximum Gasteiger partial charge on any atom is 0.337 e. The number of aromatic carboxylic acids is 1. The minimum absolute atomic E-state index is 0.0382. The van der Waals surface area contributed by atoms with Crippen molar-refractivity contribution in [1.82, 2.24) is 0 Å². The average molecular weight is 290 g/mol. The molecule has 3 nitrogen and oxygen atoms in total. The summed E-state index contributed by atoms with van der Waals surface area (Å²) < 4.78 is 0. The fourth-order valence-electron chi connectivity index (χ4n) is 2.66. The summed E-state index contributed by atoms with van der Waals surface area (Å²) in [5, 5.41) is 12.9. The summed E-state index contributed by atoms with van der Waals surface area (Å²) in [6, 6.07) is 14.8. The van der Waals surface area contributed by atoms with Crippen LogP contribution in [0.25, 0.3) is 21.5 Å². The van der Waals surface area contributed by atoms with E-state index in [-0.39, 0.29) is 16.9 Å². The molecule has 0 saturated carbocycles. The summed E-state index contributed by atoms with van der Waals surface area (Å²) >= 11 is 0. The van der Waals surface area contributed by atoms with Crippen LogP contribution in [0.15, 0.2) is 60.7 Å². The van der Waals surface area contributed by atoms with Gasteiger partial charge in [0, 0.05) is 5.56 Å². The standard InChI is InChI=1S/C19H14O3/c1-11(2)18(20)15-8-7-14-9-12-5-3-4-6-13(12)10-16(14)17(15)19(21)22/h3-10H,1H2,2H3,(H,21,22). The zero-order valence-corrected chi connectivity index (χ0v) is 12.1. The van der Waals surface area contributed by atoms with Gasteiger partial charge in [0.15, 0.2) is 5.78 Å². The lowest BCUT2D eigenvalue weighted by atomic mass is 9.92. The maximum atomic E-state index is 12.2. The van der Waals surface area contributed by atoms with E-state index in [4.69, 9.17) is 0 Å². The quantitative estimate of drug-likeness (QED) is 0.440. The molecule has 0 fully saturated rings. The van der Waals surface area contributed by atoms with Crippen LogP contribution in [0, 0.1) is 0 Å². The number of hydrogen-bond acceptors (Lipinski definition) is 2. The van der Waals surface area contributed by atoms with Gasteiger partial charge in [-0.15, -0.1) is 0 Å². The minimum Gasteiger partial charge on any atom is -0.478 e. The van der Waals surface area contributed by atoms with Crippen molar-refractivity contribution in [2.45, 2.75) is 6.92 Å². The fourth-order valence-corrected chi connectivity index (χ4v) is 2.66. The van der Waals surface area contributed by atoms with Gasteiger partial charge in [0.2, 0.25) is 0 Å². The summed E-state index contributed by atoms with van der Waals surface area (Å²) in [5.74, 6) is -1.45. The first-order valence-electron chi connectivity index (χ1n) is 6.88. The maximum absolute atomic E-state index is 12.2. The first-order valence-corrected chi connectivity index (χ1v) is 6.88. The molecular formula is C19H14O3. The van der Waals surface area contributed by atoms with Gasteiger partial charge in [-0.1, -0.05) is 36.9 Å². The zero-order valence-electron chi connectivity index (χ0n) is 12.1. The Labute approximate surface area is 127 Å². The number of benzene rings is 3. The van der Waals surface area contributed by atoms with E-state index < -0.39 is 5.97 Å². The predicted octanol–water partition coefficient (Wildman–Crippen LogP) is 4.45. The molecule has 0 heterocycles. The summed E-state index contributed by atoms with van der Waals surface area (Å²) in [4.78, 5) is 23.9. The van der Waals surface area contributed by atoms with E-state index in [1.807, 2.05) is 36.4 Å². The Bertz CT molecular complexity index is 951. The number of rotatable bonds is 3. The van der Waals surface area contributed by atoms with Crippen LogP contribution >= 0.6 is 0 Å². The van der Waals surface area contributed by atoms with Gasteiger partial charge < -0.3 is 5.11 Å². The van der Waals surface area contributed by atoms with E-state index >= 15 is 0 Å². The van der Waals surface area contributed by atoms with Crippen molar-refractivity contribution in [3.63, 3.8) is 0 Å². The van der Waals surface area contributed by atoms with Crippen LogP contribution in [0.2, 0.25) is 0 Å². The van der Waals surface area contributed by atoms with E-state index in [1.54, 1.807) is 19.1 Å². The SMILES string of the molecule is C=C(C)C(=O)c1ccc2cc3ccccc3cc2c1C(=O)O. The molecule has 0 atom stereocenters. The van der Waals surface area contributed by atoms with Gasteiger partial charge >= 0.3 is 5.97 Å². The molecule has 0 radical (unpaired) electrons. The summed E-state index contributed by atoms with van der Waals surface area (Å²) in [5.41, 5.74) is 0.543. The number of carboxylic acids is 1. The highest BCUT2D eigenvalue weighted by atomic mass is 16.4. The molecular weight excluding hydrogens is 276 g/mol. The number of allylic oxidation sites excluding steroid dienone is 1. The fraction of sp³-hybridized carbons (Fsp3) is 0.0526. The highest BCUT2D eigenvalue weighted by Gasteiger charge is 2.20. The van der Waals surface area contributed by atoms with Crippen LogP contribution in [0.1, 0.15) is 27.6 Å². The largest absolute Gasteiger partial charge is 0.478 e. The molecule has 3 rings (SSSR count). The second-order valence-corrected chi connectivity index (χ2v) is 5.32. The lowest BCUT2D eigenvalue weighted by Crippen LogP contribution is -2.10. The molecule has 1 N–H and O–H groups in total. The highest BCUT2D eigenvalue weighted by molar-refractivity contribution is 6.19. The molecule has 0 aliphatic heterocycles. The van der Waals surface area contributed by atoms with Gasteiger partial charge in [0.1, 0.15) is 0 Å². The number of fused-ring (bicyclic) bond motifs is 2. The molecule has 0 amide bonds. The highest BCUT2D eigenvalue weighted by Crippen LogP contribution is 2.28. The van der Waals surface area contributed by atoms with Crippen molar-refractivity contribution in [3.8, 4) is 0 Å². The van der Waals surface area contributed by atoms with Crippen LogP contribution in [0.4, 0.5) is 0 Å². The minimum atomic E-state index is -1.11. The predicted molar refractivity (Wildman–Crippen MR) is 87.6 cm³/mol. The van der Waals surface area contributed by atoms with Gasteiger partial charge in [-0.25, -0.2) is 4.79 Å². The van der Waals surface area contributed by atoms with Gasteiger partial charge in [-0.2, -0.15) is 0 Å². The van der Waals surface area contributed by atoms with E-state index in [0.29, 0.717) is 11.0 Å². The number of carbonyl (C=O) groups is 2. The van der Waals surface area contributed by atoms with Crippen LogP contribution in [0.5, 0.6) is 0 Å². The molecule has 108 valence electrons. The Morgan fingerprint density at radius 1 is 0.955 bits per heavy atom. The monoisotopic (exact) mass is 290 g/mol. The third-order valence-electron chi connectivity index (χ3n) is 3.73. The van der Waals surface area contributed by atoms with Crippen molar-refractivity contribution >= 4 is 33.3 Å². The van der Waals surface area contributed by atoms with Crippen molar-refractivity contribution in [3.05, 3.63) is 71.8 Å². The van der Waals surface area contributed by atoms with E-state index in [0.717, 1.165) is 16.2 Å². The molecule has 0 bridgehead atoms. The Kier molecular flexibility index (Phi) is 3.26. The van der Waals surface area contributed by atoms with Crippen LogP contribution in [-0.4, -0.2) is 16.9 Å². The molecule has 22 heavy (non-hydrogen) atoms. The average Bonchev–Trinajstić information content (AvgIpc) is 2.50. The van der Waals surface area contributed by atoms with Gasteiger partial charge in [0.05, 0.1) is 5.56 Å². The topological polar surface area (TPSA) is 54.4 Å². The Morgan fingerprint density at radius 2 is 1.59 bits per heavy atom. The van der Waals surface area contributed by atoms with Gasteiger partial charge in [0.25, 0.3) is 0 Å². The van der Waals surface area contributed by atoms with E-state index in [9.17, 15) is 14.7 Å². The Morgan fingerprint density at radius 3 is 2.18 bits per heavy atom. The molecule has 3 aromatic carbocycles. The lowest BCUT2D eigenvalue weighted by molar-refractivity contribution is 0.0695. The van der Waals surface area contributed by atoms with Crippen molar-refractivity contribution in [1.29, 1.82) is 0 Å². The number of carboxylic acid groups (broad SMARTS) is 1. The summed E-state index contributed by atoms with van der Waals surface area (Å²) in [6.07, 6.45) is 0. The normalized spacial score (nSPS) is 10.8. The van der Waals surface area contributed by atoms with Gasteiger partial charge in [-0.3, -0.25) is 4.79 Å². The Hall–Kier alpha value is -2.94. The second kappa shape index (κ2) is 5.11. The number of hydrogen-bond donors (Lipinski definition) is 1. The van der Waals surface area contributed by atoms with E-state index in [2.05, 4.69) is 6.58 Å². The molecule has 0 aliphatic rings. The van der Waals surface area contributed by atoms with Crippen molar-refractivity contribution < 1.29 is 14.7 Å². The number of ketones is 1. The van der Waals surface area contributed by atoms with Crippen molar-refractivity contribution in [2.24, 2.45) is 0 Å². The lowest BCUT2D eigenvalue weighted by Gasteiger charge is -2.10. The molecule has 0 aromatic heterocycles. The van der Waals surface area contributed by atoms with Crippen LogP contribution in [-0.2, 0) is 0 Å². The second-order valence-electron chi connectivity index (χ2n) is 5.32. The summed E-state index contributed by atoms with van der Waals surface area (Å²) in [7, 11) is 0. The first-order chi connectivity index (χ1) is 10.5. The van der Waals surface area contributed by atoms with E-state index in [1.165, 1.54) is 0 Å². The van der Waals surface area contributed by atoms with Gasteiger partial charge in [-0.05, 0) is 52.2 Å². The molecule has 0 saturated heterocycles. The molecule has 3 aromatic rings. The molecule has 3 heteroatoms. The third-order valence-corrected chi connectivity index (χ3v) is 3.73. The van der Waals surface area contributed by atoms with Crippen LogP contribution < -0.4 is 0 Å². The Balaban J connectivity index is 2.43. The third kappa shape index (κ3) is 2.17. The number of carbonyl (C=O) groups excluding carboxylic acids is 1. The summed E-state index contributed by atoms with van der Waals surface area (Å²) in [6.45, 7) is 5.20. The molecule has 0 spiro atoms. The molecule has 0 aliphatic carbocycles. The van der Waals surface area contributed by atoms with Crippen LogP contribution in [0.3, 0.4) is 0 Å². The van der Waals surface area contributed by atoms with Crippen molar-refractivity contribution in [2.75, 3.05) is 0 Å².